The van der Waals surface area contributed by atoms with Crippen LogP contribution in [-0.2, 0) is 6.42 Å². The molecule has 6 heteroatoms. The van der Waals surface area contributed by atoms with Gasteiger partial charge in [-0.25, -0.2) is 4.79 Å². The molecule has 2 aromatic heterocycles. The number of nitrogens with two attached hydrogens (primary N) is 1. The summed E-state index contributed by atoms with van der Waals surface area (Å²) < 4.78 is 0. The number of aromatic carboxylic acids is 1. The highest BCUT2D eigenvalue weighted by Crippen LogP contribution is 2.28. The molecule has 0 aliphatic carbocycles. The van der Waals surface area contributed by atoms with Crippen molar-refractivity contribution in [1.29, 1.82) is 0 Å². The van der Waals surface area contributed by atoms with Crippen LogP contribution in [0, 0.1) is 13.8 Å². The van der Waals surface area contributed by atoms with Gasteiger partial charge in [0.1, 0.15) is 5.56 Å². The average molecular weight is 337 g/mol. The van der Waals surface area contributed by atoms with Gasteiger partial charge < -0.3 is 15.8 Å². The Morgan fingerprint density at radius 3 is 2.48 bits per heavy atom. The summed E-state index contributed by atoms with van der Waals surface area (Å²) in [4.78, 5) is 31.0. The van der Waals surface area contributed by atoms with Gasteiger partial charge in [-0.1, -0.05) is 0 Å². The predicted octanol–water partition coefficient (Wildman–Crippen LogP) is 2.41. The number of aromatic amines is 1. The molecule has 0 radical (unpaired) electrons. The maximum atomic E-state index is 12.4. The topological polar surface area (TPSA) is 109 Å². The zero-order valence-corrected chi connectivity index (χ0v) is 14.1. The van der Waals surface area contributed by atoms with Crippen molar-refractivity contribution in [2.45, 2.75) is 20.3 Å². The van der Waals surface area contributed by atoms with E-state index in [1.807, 2.05) is 32.0 Å². The van der Waals surface area contributed by atoms with Crippen molar-refractivity contribution in [2.75, 3.05) is 6.54 Å². The summed E-state index contributed by atoms with van der Waals surface area (Å²) in [5.74, 6) is -1.24. The van der Waals surface area contributed by atoms with Gasteiger partial charge in [0, 0.05) is 28.5 Å². The van der Waals surface area contributed by atoms with Gasteiger partial charge in [0.25, 0.3) is 0 Å². The summed E-state index contributed by atoms with van der Waals surface area (Å²) >= 11 is 0. The molecule has 1 aromatic carbocycles. The van der Waals surface area contributed by atoms with Crippen LogP contribution >= 0.6 is 0 Å². The first-order valence-corrected chi connectivity index (χ1v) is 7.98. The number of pyridine rings is 2. The summed E-state index contributed by atoms with van der Waals surface area (Å²) in [6, 6.07) is 7.59. The van der Waals surface area contributed by atoms with Gasteiger partial charge in [-0.2, -0.15) is 0 Å². The molecule has 0 unspecified atom stereocenters. The minimum Gasteiger partial charge on any atom is -0.477 e. The maximum absolute atomic E-state index is 12.4. The lowest BCUT2D eigenvalue weighted by molar-refractivity contribution is 0.0695. The van der Waals surface area contributed by atoms with E-state index < -0.39 is 11.4 Å². The van der Waals surface area contributed by atoms with Crippen LogP contribution in [0.15, 0.2) is 35.3 Å². The first kappa shape index (κ1) is 16.9. The quantitative estimate of drug-likeness (QED) is 0.677. The van der Waals surface area contributed by atoms with E-state index in [2.05, 4.69) is 9.97 Å². The number of carboxylic acids is 1. The summed E-state index contributed by atoms with van der Waals surface area (Å²) in [6.45, 7) is 4.29. The number of aromatic nitrogens is 2. The van der Waals surface area contributed by atoms with Crippen molar-refractivity contribution in [1.82, 2.24) is 9.97 Å². The van der Waals surface area contributed by atoms with Crippen LogP contribution < -0.4 is 11.2 Å². The smallest absolute Gasteiger partial charge is 0.341 e. The van der Waals surface area contributed by atoms with E-state index in [4.69, 9.17) is 10.8 Å². The van der Waals surface area contributed by atoms with Crippen LogP contribution in [0.5, 0.6) is 0 Å². The lowest BCUT2D eigenvalue weighted by Gasteiger charge is -2.13. The molecule has 0 aliphatic rings. The number of fused-ring (bicyclic) bond motifs is 1. The summed E-state index contributed by atoms with van der Waals surface area (Å²) in [5, 5.41) is 9.50. The Hall–Kier alpha value is -2.99. The molecule has 0 saturated heterocycles. The van der Waals surface area contributed by atoms with Crippen molar-refractivity contribution in [3.05, 3.63) is 63.2 Å². The molecule has 3 aromatic rings. The highest BCUT2D eigenvalue weighted by Gasteiger charge is 2.15. The second-order valence-electron chi connectivity index (χ2n) is 6.07. The monoisotopic (exact) mass is 337 g/mol. The SMILES string of the molecule is Cc1cc(-c2cc3[nH]cc(C(=O)O)c(=O)c3cc2CCN)cc(C)n1. The molecule has 0 atom stereocenters. The number of hydrogen-bond donors (Lipinski definition) is 3. The largest absolute Gasteiger partial charge is 0.477 e. The Bertz CT molecular complexity index is 1020. The van der Waals surface area contributed by atoms with Crippen LogP contribution in [0.25, 0.3) is 22.0 Å². The highest BCUT2D eigenvalue weighted by molar-refractivity contribution is 5.94. The fourth-order valence-electron chi connectivity index (χ4n) is 3.09. The second kappa shape index (κ2) is 6.49. The van der Waals surface area contributed by atoms with E-state index in [1.54, 1.807) is 6.07 Å². The maximum Gasteiger partial charge on any atom is 0.341 e. The Balaban J connectivity index is 2.32. The van der Waals surface area contributed by atoms with Gasteiger partial charge in [-0.15, -0.1) is 0 Å². The molecule has 0 spiro atoms. The lowest BCUT2D eigenvalue weighted by Crippen LogP contribution is -2.16. The Labute approximate surface area is 144 Å². The molecule has 0 fully saturated rings. The molecule has 0 amide bonds. The number of aryl methyl sites for hydroxylation is 2. The van der Waals surface area contributed by atoms with E-state index >= 15 is 0 Å². The molecule has 2 heterocycles. The third kappa shape index (κ3) is 3.16. The first-order valence-electron chi connectivity index (χ1n) is 7.98. The summed E-state index contributed by atoms with van der Waals surface area (Å²) in [7, 11) is 0. The molecule has 0 saturated carbocycles. The molecule has 6 nitrogen and oxygen atoms in total. The molecule has 4 N–H and O–H groups in total. The van der Waals surface area contributed by atoms with Gasteiger partial charge in [0.05, 0.1) is 0 Å². The number of benzene rings is 1. The number of carbonyl (C=O) groups is 1. The predicted molar refractivity (Wildman–Crippen MR) is 97.0 cm³/mol. The third-order valence-electron chi connectivity index (χ3n) is 4.14. The first-order chi connectivity index (χ1) is 11.9. The number of nitrogens with zero attached hydrogens (tertiary/aromatic N) is 1. The Morgan fingerprint density at radius 2 is 1.88 bits per heavy atom. The van der Waals surface area contributed by atoms with Gasteiger partial charge in [0.15, 0.2) is 0 Å². The molecule has 0 aliphatic heterocycles. The number of rotatable bonds is 4. The van der Waals surface area contributed by atoms with Crippen LogP contribution in [-0.4, -0.2) is 27.6 Å². The van der Waals surface area contributed by atoms with Gasteiger partial charge in [0.2, 0.25) is 5.43 Å². The van der Waals surface area contributed by atoms with Crippen molar-refractivity contribution in [2.24, 2.45) is 5.73 Å². The second-order valence-corrected chi connectivity index (χ2v) is 6.07. The fourth-order valence-corrected chi connectivity index (χ4v) is 3.09. The molecule has 128 valence electrons. The Morgan fingerprint density at radius 1 is 1.20 bits per heavy atom. The van der Waals surface area contributed by atoms with Crippen LogP contribution in [0.1, 0.15) is 27.3 Å². The average Bonchev–Trinajstić information content (AvgIpc) is 2.54. The minimum absolute atomic E-state index is 0.269. The molecule has 3 rings (SSSR count). The number of nitrogens with one attached hydrogen (secondary N) is 1. The van der Waals surface area contributed by atoms with E-state index in [0.29, 0.717) is 23.9 Å². The van der Waals surface area contributed by atoms with E-state index in [-0.39, 0.29) is 5.56 Å². The summed E-state index contributed by atoms with van der Waals surface area (Å²) in [5.41, 5.74) is 10.3. The molecule has 25 heavy (non-hydrogen) atoms. The van der Waals surface area contributed by atoms with Crippen molar-refractivity contribution >= 4 is 16.9 Å². The van der Waals surface area contributed by atoms with Crippen LogP contribution in [0.2, 0.25) is 0 Å². The van der Waals surface area contributed by atoms with E-state index in [9.17, 15) is 9.59 Å². The molecular formula is C19H19N3O3. The zero-order chi connectivity index (χ0) is 18.1. The van der Waals surface area contributed by atoms with E-state index in [1.165, 1.54) is 6.20 Å². The number of hydrogen-bond acceptors (Lipinski definition) is 4. The van der Waals surface area contributed by atoms with Crippen LogP contribution in [0.4, 0.5) is 0 Å². The zero-order valence-electron chi connectivity index (χ0n) is 14.1. The molecular weight excluding hydrogens is 318 g/mol. The minimum atomic E-state index is -1.24. The highest BCUT2D eigenvalue weighted by atomic mass is 16.4. The fraction of sp³-hybridized carbons (Fsp3) is 0.211. The lowest BCUT2D eigenvalue weighted by atomic mass is 9.94. The van der Waals surface area contributed by atoms with Crippen molar-refractivity contribution in [3.8, 4) is 11.1 Å². The number of H-pyrrole nitrogens is 1. The van der Waals surface area contributed by atoms with Crippen molar-refractivity contribution < 1.29 is 9.90 Å². The standard InChI is InChI=1S/C19H19N3O3/c1-10-5-13(6-11(2)22-10)14-8-17-15(7-12(14)3-4-20)18(23)16(9-21-17)19(24)25/h5-9H,3-4,20H2,1-2H3,(H,21,23)(H,24,25). The van der Waals surface area contributed by atoms with E-state index in [0.717, 1.165) is 28.1 Å². The van der Waals surface area contributed by atoms with Gasteiger partial charge >= 0.3 is 5.97 Å². The third-order valence-corrected chi connectivity index (χ3v) is 4.14. The van der Waals surface area contributed by atoms with Crippen LogP contribution in [0.3, 0.4) is 0 Å². The van der Waals surface area contributed by atoms with Crippen molar-refractivity contribution in [3.63, 3.8) is 0 Å². The number of carboxylic acid groups (broad SMARTS) is 1. The molecule has 0 bridgehead atoms. The van der Waals surface area contributed by atoms with Gasteiger partial charge in [-0.3, -0.25) is 9.78 Å². The Kier molecular flexibility index (Phi) is 4.37. The normalized spacial score (nSPS) is 11.0. The van der Waals surface area contributed by atoms with Gasteiger partial charge in [-0.05, 0) is 67.8 Å². The summed E-state index contributed by atoms with van der Waals surface area (Å²) in [6.07, 6.45) is 1.82.